The average Bonchev–Trinajstić information content (AvgIpc) is 2.75. The summed E-state index contributed by atoms with van der Waals surface area (Å²) in [4.78, 5) is 14.5. The van der Waals surface area contributed by atoms with E-state index in [1.54, 1.807) is 31.7 Å². The molecule has 1 aromatic rings. The Balaban J connectivity index is 1.99. The number of rotatable bonds is 2. The summed E-state index contributed by atoms with van der Waals surface area (Å²) in [6.07, 6.45) is -4.18. The smallest absolute Gasteiger partial charge is 0.422 e. The largest absolute Gasteiger partial charge is 0.475 e. The molecule has 1 aromatic heterocycles. The first-order valence-electron chi connectivity index (χ1n) is 6.82. The maximum Gasteiger partial charge on any atom is 0.422 e. The first-order valence-corrected chi connectivity index (χ1v) is 7.64. The molecule has 2 rings (SSSR count). The molecule has 2 heterocycles. The Bertz CT molecular complexity index is 549. The van der Waals surface area contributed by atoms with E-state index in [9.17, 15) is 18.0 Å². The van der Waals surface area contributed by atoms with Crippen LogP contribution in [0.1, 0.15) is 31.2 Å². The van der Waals surface area contributed by atoms with Crippen LogP contribution in [-0.4, -0.2) is 35.9 Å². The fourth-order valence-electron chi connectivity index (χ4n) is 2.01. The quantitative estimate of drug-likeness (QED) is 0.819. The zero-order valence-corrected chi connectivity index (χ0v) is 13.4. The molecule has 124 valence electrons. The molecule has 22 heavy (non-hydrogen) atoms. The molecular formula is C14H18F3NO3S. The van der Waals surface area contributed by atoms with Crippen LogP contribution in [0.2, 0.25) is 0 Å². The number of fused-ring (bicyclic) bond motifs is 1. The standard InChI is InChI=1S/C14H18F3NO3S/c1-13(2,3)21-12(19)18-5-4-10-9(7-18)6-11(22-10)20-8-14(15,16)17/h6H,4-5,7-8H2,1-3H3. The van der Waals surface area contributed by atoms with Crippen LogP contribution in [0.5, 0.6) is 5.06 Å². The van der Waals surface area contributed by atoms with Crippen LogP contribution in [-0.2, 0) is 17.7 Å². The number of amides is 1. The Labute approximate surface area is 130 Å². The van der Waals surface area contributed by atoms with Gasteiger partial charge in [-0.15, -0.1) is 11.3 Å². The van der Waals surface area contributed by atoms with Gasteiger partial charge in [0, 0.05) is 17.8 Å². The van der Waals surface area contributed by atoms with Gasteiger partial charge in [0.25, 0.3) is 0 Å². The molecule has 0 aliphatic carbocycles. The van der Waals surface area contributed by atoms with E-state index in [4.69, 9.17) is 9.47 Å². The van der Waals surface area contributed by atoms with Gasteiger partial charge >= 0.3 is 12.3 Å². The SMILES string of the molecule is CC(C)(C)OC(=O)N1CCc2sc(OCC(F)(F)F)cc2C1. The second-order valence-corrected chi connectivity index (χ2v) is 7.17. The number of carbonyl (C=O) groups is 1. The van der Waals surface area contributed by atoms with E-state index >= 15 is 0 Å². The number of carbonyl (C=O) groups excluding carboxylic acids is 1. The summed E-state index contributed by atoms with van der Waals surface area (Å²) >= 11 is 1.20. The third-order valence-electron chi connectivity index (χ3n) is 2.87. The fraction of sp³-hybridized carbons (Fsp3) is 0.643. The second-order valence-electron chi connectivity index (χ2n) is 6.07. The summed E-state index contributed by atoms with van der Waals surface area (Å²) < 4.78 is 46.5. The topological polar surface area (TPSA) is 38.8 Å². The summed E-state index contributed by atoms with van der Waals surface area (Å²) in [6, 6.07) is 1.57. The summed E-state index contributed by atoms with van der Waals surface area (Å²) in [6.45, 7) is 4.87. The highest BCUT2D eigenvalue weighted by molar-refractivity contribution is 7.14. The van der Waals surface area contributed by atoms with Gasteiger partial charge in [-0.3, -0.25) is 0 Å². The molecule has 1 aliphatic heterocycles. The lowest BCUT2D eigenvalue weighted by Gasteiger charge is -2.29. The van der Waals surface area contributed by atoms with Crippen molar-refractivity contribution in [1.82, 2.24) is 4.90 Å². The number of ether oxygens (including phenoxy) is 2. The van der Waals surface area contributed by atoms with E-state index in [-0.39, 0.29) is 5.06 Å². The van der Waals surface area contributed by atoms with Crippen molar-refractivity contribution in [3.05, 3.63) is 16.5 Å². The van der Waals surface area contributed by atoms with Gasteiger partial charge in [-0.1, -0.05) is 0 Å². The van der Waals surface area contributed by atoms with Gasteiger partial charge < -0.3 is 14.4 Å². The van der Waals surface area contributed by atoms with Gasteiger partial charge in [-0.05, 0) is 32.4 Å². The molecule has 1 amide bonds. The summed E-state index contributed by atoms with van der Waals surface area (Å²) in [5, 5.41) is 0.230. The number of hydrogen-bond acceptors (Lipinski definition) is 4. The molecular weight excluding hydrogens is 319 g/mol. The van der Waals surface area contributed by atoms with Crippen molar-refractivity contribution in [3.8, 4) is 5.06 Å². The van der Waals surface area contributed by atoms with Gasteiger partial charge in [0.2, 0.25) is 0 Å². The first kappa shape index (κ1) is 16.9. The molecule has 1 aliphatic rings. The van der Waals surface area contributed by atoms with Crippen LogP contribution in [0.3, 0.4) is 0 Å². The van der Waals surface area contributed by atoms with Crippen molar-refractivity contribution in [2.75, 3.05) is 13.2 Å². The lowest BCUT2D eigenvalue weighted by atomic mass is 10.1. The van der Waals surface area contributed by atoms with Crippen molar-refractivity contribution >= 4 is 17.4 Å². The first-order chi connectivity index (χ1) is 10.0. The predicted octanol–water partition coefficient (Wildman–Crippen LogP) is 3.98. The summed E-state index contributed by atoms with van der Waals surface area (Å²) in [5.74, 6) is 0. The molecule has 0 N–H and O–H groups in total. The zero-order chi connectivity index (χ0) is 16.5. The van der Waals surface area contributed by atoms with Crippen LogP contribution in [0.25, 0.3) is 0 Å². The minimum Gasteiger partial charge on any atom is -0.475 e. The van der Waals surface area contributed by atoms with Crippen molar-refractivity contribution in [3.63, 3.8) is 0 Å². The van der Waals surface area contributed by atoms with E-state index in [2.05, 4.69) is 0 Å². The van der Waals surface area contributed by atoms with Gasteiger partial charge in [0.1, 0.15) is 5.60 Å². The maximum atomic E-state index is 12.2. The molecule has 8 heteroatoms. The van der Waals surface area contributed by atoms with Crippen LogP contribution < -0.4 is 4.74 Å². The highest BCUT2D eigenvalue weighted by atomic mass is 32.1. The third-order valence-corrected chi connectivity index (χ3v) is 4.02. The van der Waals surface area contributed by atoms with E-state index in [1.807, 2.05) is 0 Å². The third kappa shape index (κ3) is 4.79. The van der Waals surface area contributed by atoms with Crippen molar-refractivity contribution < 1.29 is 27.4 Å². The van der Waals surface area contributed by atoms with Gasteiger partial charge in [0.15, 0.2) is 11.7 Å². The minimum absolute atomic E-state index is 0.230. The van der Waals surface area contributed by atoms with Crippen molar-refractivity contribution in [2.45, 2.75) is 45.5 Å². The molecule has 0 spiro atoms. The molecule has 0 saturated heterocycles. The number of alkyl halides is 3. The monoisotopic (exact) mass is 337 g/mol. The zero-order valence-electron chi connectivity index (χ0n) is 12.6. The summed E-state index contributed by atoms with van der Waals surface area (Å²) in [7, 11) is 0. The highest BCUT2D eigenvalue weighted by Crippen LogP contribution is 2.34. The molecule has 0 radical (unpaired) electrons. The highest BCUT2D eigenvalue weighted by Gasteiger charge is 2.30. The van der Waals surface area contributed by atoms with Gasteiger partial charge in [0.05, 0.1) is 6.54 Å². The molecule has 0 aromatic carbocycles. The molecule has 0 fully saturated rings. The average molecular weight is 337 g/mol. The van der Waals surface area contributed by atoms with Crippen molar-refractivity contribution in [1.29, 1.82) is 0 Å². The lowest BCUT2D eigenvalue weighted by Crippen LogP contribution is -2.39. The Kier molecular flexibility index (Phi) is 4.60. The van der Waals surface area contributed by atoms with Crippen LogP contribution in [0.15, 0.2) is 6.07 Å². The number of hydrogen-bond donors (Lipinski definition) is 0. The minimum atomic E-state index is -4.35. The predicted molar refractivity (Wildman–Crippen MR) is 76.2 cm³/mol. The number of halogens is 3. The van der Waals surface area contributed by atoms with E-state index in [1.165, 1.54) is 11.3 Å². The van der Waals surface area contributed by atoms with Crippen molar-refractivity contribution in [2.24, 2.45) is 0 Å². The van der Waals surface area contributed by atoms with Crippen LogP contribution in [0, 0.1) is 0 Å². The molecule has 0 unspecified atom stereocenters. The van der Waals surface area contributed by atoms with Crippen LogP contribution in [0.4, 0.5) is 18.0 Å². The van der Waals surface area contributed by atoms with E-state index in [0.717, 1.165) is 10.4 Å². The van der Waals surface area contributed by atoms with Gasteiger partial charge in [-0.2, -0.15) is 13.2 Å². The fourth-order valence-corrected chi connectivity index (χ4v) is 3.02. The Morgan fingerprint density at radius 2 is 2.05 bits per heavy atom. The molecule has 4 nitrogen and oxygen atoms in total. The normalized spacial score (nSPS) is 15.5. The van der Waals surface area contributed by atoms with E-state index < -0.39 is 24.5 Å². The Hall–Kier alpha value is -1.44. The molecule has 0 saturated carbocycles. The van der Waals surface area contributed by atoms with E-state index in [0.29, 0.717) is 19.5 Å². The number of thiophene rings is 1. The molecule has 0 bridgehead atoms. The Morgan fingerprint density at radius 3 is 2.64 bits per heavy atom. The number of nitrogens with zero attached hydrogens (tertiary/aromatic N) is 1. The second kappa shape index (κ2) is 5.98. The lowest BCUT2D eigenvalue weighted by molar-refractivity contribution is -0.152. The maximum absolute atomic E-state index is 12.2. The summed E-state index contributed by atoms with van der Waals surface area (Å²) in [5.41, 5.74) is 0.242. The molecule has 0 atom stereocenters. The Morgan fingerprint density at radius 1 is 1.36 bits per heavy atom. The van der Waals surface area contributed by atoms with Crippen LogP contribution >= 0.6 is 11.3 Å². The van der Waals surface area contributed by atoms with Gasteiger partial charge in [-0.25, -0.2) is 4.79 Å².